The molecule has 0 bridgehead atoms. The Morgan fingerprint density at radius 1 is 0.647 bits per heavy atom. The number of imidazole rings is 2. The van der Waals surface area contributed by atoms with Crippen molar-refractivity contribution in [2.24, 2.45) is 24.3 Å². The van der Waals surface area contributed by atoms with Crippen molar-refractivity contribution in [2.75, 3.05) is 13.2 Å². The van der Waals surface area contributed by atoms with Crippen molar-refractivity contribution in [3.05, 3.63) is 86.0 Å². The molecule has 8 nitrogen and oxygen atoms in total. The molecule has 176 valence electrons. The maximum Gasteiger partial charge on any atom is 0.243 e. The maximum atomic E-state index is 5.82. The largest absolute Gasteiger partial charge is 0.493 e. The minimum absolute atomic E-state index is 0.669. The van der Waals surface area contributed by atoms with Crippen LogP contribution in [0, 0.1) is 0 Å². The molecule has 0 spiro atoms. The lowest BCUT2D eigenvalue weighted by atomic mass is 10.3. The molecule has 0 fully saturated rings. The van der Waals surface area contributed by atoms with E-state index in [-0.39, 0.29) is 0 Å². The Kier molecular flexibility index (Phi) is 8.05. The molecule has 2 heterocycles. The summed E-state index contributed by atoms with van der Waals surface area (Å²) < 4.78 is 20.0. The molecule has 2 aromatic carbocycles. The Labute approximate surface area is 200 Å². The topological polar surface area (TPSA) is 60.8 Å². The second-order valence-electron chi connectivity index (χ2n) is 8.23. The highest BCUT2D eigenvalue weighted by Crippen LogP contribution is 2.23. The van der Waals surface area contributed by atoms with E-state index in [2.05, 4.69) is 44.4 Å². The standard InChI is InChI=1S/C26H32N6O2/c1-29-15-17-31(21-29)13-3-19-33-25-9-5-23(6-10-25)27-28-24-7-11-26(12-8-24)34-20-4-14-32-18-16-30(2)22-32/h5-12,15-18,21-22H,3-4,13-14,19-20H2,1-2H3/q+2. The number of aryl methyl sites for hydroxylation is 4. The van der Waals surface area contributed by atoms with Crippen molar-refractivity contribution in [2.45, 2.75) is 25.9 Å². The van der Waals surface area contributed by atoms with Crippen LogP contribution in [0.1, 0.15) is 12.8 Å². The third-order valence-corrected chi connectivity index (χ3v) is 5.26. The number of azo groups is 1. The monoisotopic (exact) mass is 460 g/mol. The van der Waals surface area contributed by atoms with Crippen LogP contribution in [0.5, 0.6) is 11.5 Å². The highest BCUT2D eigenvalue weighted by Gasteiger charge is 2.02. The second-order valence-corrected chi connectivity index (χ2v) is 8.23. The molecular formula is C26H32N6O2+2. The molecule has 4 aromatic rings. The van der Waals surface area contributed by atoms with Gasteiger partial charge in [0.1, 0.15) is 36.3 Å². The zero-order valence-electron chi connectivity index (χ0n) is 19.8. The van der Waals surface area contributed by atoms with E-state index in [1.807, 2.05) is 84.2 Å². The molecular weight excluding hydrogens is 428 g/mol. The summed E-state index contributed by atoms with van der Waals surface area (Å²) in [6.45, 7) is 3.21. The molecule has 0 saturated heterocycles. The minimum Gasteiger partial charge on any atom is -0.493 e. The van der Waals surface area contributed by atoms with Crippen molar-refractivity contribution in [1.29, 1.82) is 0 Å². The van der Waals surface area contributed by atoms with Crippen LogP contribution in [0.4, 0.5) is 11.4 Å². The first-order valence-corrected chi connectivity index (χ1v) is 11.5. The smallest absolute Gasteiger partial charge is 0.243 e. The highest BCUT2D eigenvalue weighted by molar-refractivity contribution is 5.44. The zero-order chi connectivity index (χ0) is 23.6. The van der Waals surface area contributed by atoms with E-state index in [1.54, 1.807) is 0 Å². The normalized spacial score (nSPS) is 11.2. The summed E-state index contributed by atoms with van der Waals surface area (Å²) in [7, 11) is 4.04. The van der Waals surface area contributed by atoms with Crippen LogP contribution < -0.4 is 18.6 Å². The molecule has 2 aromatic heterocycles. The fourth-order valence-corrected chi connectivity index (χ4v) is 3.48. The van der Waals surface area contributed by atoms with Crippen LogP contribution in [-0.2, 0) is 27.2 Å². The summed E-state index contributed by atoms with van der Waals surface area (Å²) in [6.07, 6.45) is 14.2. The third-order valence-electron chi connectivity index (χ3n) is 5.26. The average Bonchev–Trinajstić information content (AvgIpc) is 3.47. The lowest BCUT2D eigenvalue weighted by Gasteiger charge is -2.05. The quantitative estimate of drug-likeness (QED) is 0.180. The number of benzene rings is 2. The molecule has 0 atom stereocenters. The van der Waals surface area contributed by atoms with Crippen molar-refractivity contribution < 1.29 is 18.6 Å². The lowest BCUT2D eigenvalue weighted by Crippen LogP contribution is -2.23. The van der Waals surface area contributed by atoms with Gasteiger partial charge in [0.2, 0.25) is 12.7 Å². The fourth-order valence-electron chi connectivity index (χ4n) is 3.48. The van der Waals surface area contributed by atoms with Gasteiger partial charge in [-0.3, -0.25) is 0 Å². The molecule has 0 radical (unpaired) electrons. The van der Waals surface area contributed by atoms with Gasteiger partial charge in [-0.05, 0) is 48.5 Å². The number of nitrogens with zero attached hydrogens (tertiary/aromatic N) is 6. The van der Waals surface area contributed by atoms with E-state index in [9.17, 15) is 0 Å². The fraction of sp³-hybridized carbons (Fsp3) is 0.308. The van der Waals surface area contributed by atoms with E-state index in [0.29, 0.717) is 13.2 Å². The summed E-state index contributed by atoms with van der Waals surface area (Å²) in [5.74, 6) is 1.67. The maximum absolute atomic E-state index is 5.82. The predicted octanol–water partition coefficient (Wildman–Crippen LogP) is 4.29. The van der Waals surface area contributed by atoms with E-state index >= 15 is 0 Å². The molecule has 8 heteroatoms. The molecule has 0 aliphatic heterocycles. The zero-order valence-corrected chi connectivity index (χ0v) is 19.8. The summed E-state index contributed by atoms with van der Waals surface area (Å²) in [4.78, 5) is 0. The summed E-state index contributed by atoms with van der Waals surface area (Å²) in [5, 5.41) is 8.63. The second kappa shape index (κ2) is 11.8. The SMILES string of the molecule is C[n+]1ccn(CCCOc2ccc(N=Nc3ccc(OCCCn4cc[n+](C)c4)cc3)cc2)c1. The number of aromatic nitrogens is 4. The number of rotatable bonds is 12. The van der Waals surface area contributed by atoms with E-state index in [1.165, 1.54) is 0 Å². The van der Waals surface area contributed by atoms with Gasteiger partial charge < -0.3 is 9.47 Å². The van der Waals surface area contributed by atoms with Gasteiger partial charge in [0, 0.05) is 12.8 Å². The van der Waals surface area contributed by atoms with Gasteiger partial charge in [0.25, 0.3) is 0 Å². The van der Waals surface area contributed by atoms with Crippen molar-refractivity contribution in [1.82, 2.24) is 9.13 Å². The van der Waals surface area contributed by atoms with Gasteiger partial charge in [0.15, 0.2) is 0 Å². The third kappa shape index (κ3) is 7.30. The van der Waals surface area contributed by atoms with Crippen molar-refractivity contribution >= 4 is 11.4 Å². The van der Waals surface area contributed by atoms with Crippen LogP contribution in [0.25, 0.3) is 0 Å². The molecule has 0 unspecified atom stereocenters. The Bertz CT molecular complexity index is 1080. The first-order chi connectivity index (χ1) is 16.6. The Morgan fingerprint density at radius 3 is 1.41 bits per heavy atom. The van der Waals surface area contributed by atoms with Crippen LogP contribution in [0.3, 0.4) is 0 Å². The van der Waals surface area contributed by atoms with Gasteiger partial charge in [-0.1, -0.05) is 0 Å². The van der Waals surface area contributed by atoms with Gasteiger partial charge >= 0.3 is 0 Å². The van der Waals surface area contributed by atoms with E-state index in [4.69, 9.17) is 9.47 Å². The predicted molar refractivity (Wildman–Crippen MR) is 129 cm³/mol. The van der Waals surface area contributed by atoms with Gasteiger partial charge in [-0.25, -0.2) is 18.3 Å². The molecule has 0 amide bonds. The molecule has 0 aliphatic carbocycles. The Morgan fingerprint density at radius 2 is 1.06 bits per heavy atom. The first kappa shape index (κ1) is 23.2. The number of hydrogen-bond acceptors (Lipinski definition) is 4. The molecule has 0 saturated carbocycles. The minimum atomic E-state index is 0.669. The number of hydrogen-bond donors (Lipinski definition) is 0. The van der Waals surface area contributed by atoms with Crippen LogP contribution in [-0.4, -0.2) is 22.3 Å². The lowest BCUT2D eigenvalue weighted by molar-refractivity contribution is -0.671. The summed E-state index contributed by atoms with van der Waals surface area (Å²) in [5.41, 5.74) is 1.57. The summed E-state index contributed by atoms with van der Waals surface area (Å²) >= 11 is 0. The first-order valence-electron chi connectivity index (χ1n) is 11.5. The van der Waals surface area contributed by atoms with E-state index < -0.39 is 0 Å². The molecule has 0 aliphatic rings. The Hall–Kier alpha value is -3.94. The van der Waals surface area contributed by atoms with Gasteiger partial charge in [0.05, 0.1) is 51.8 Å². The number of ether oxygens (including phenoxy) is 2. The van der Waals surface area contributed by atoms with Crippen LogP contribution >= 0.6 is 0 Å². The van der Waals surface area contributed by atoms with Crippen molar-refractivity contribution in [3.8, 4) is 11.5 Å². The van der Waals surface area contributed by atoms with E-state index in [0.717, 1.165) is 48.8 Å². The molecule has 0 N–H and O–H groups in total. The van der Waals surface area contributed by atoms with Gasteiger partial charge in [-0.2, -0.15) is 10.2 Å². The van der Waals surface area contributed by atoms with Crippen LogP contribution in [0.15, 0.2) is 96.2 Å². The summed E-state index contributed by atoms with van der Waals surface area (Å²) in [6, 6.07) is 15.3. The van der Waals surface area contributed by atoms with Crippen LogP contribution in [0.2, 0.25) is 0 Å². The van der Waals surface area contributed by atoms with Crippen molar-refractivity contribution in [3.63, 3.8) is 0 Å². The molecule has 34 heavy (non-hydrogen) atoms. The molecule has 4 rings (SSSR count). The Balaban J connectivity index is 1.16. The highest BCUT2D eigenvalue weighted by atomic mass is 16.5. The van der Waals surface area contributed by atoms with Gasteiger partial charge in [-0.15, -0.1) is 0 Å². The average molecular weight is 461 g/mol.